The van der Waals surface area contributed by atoms with Gasteiger partial charge in [0, 0.05) is 35.8 Å². The third-order valence-electron chi connectivity index (χ3n) is 4.41. The fraction of sp³-hybridized carbons (Fsp3) is 0.190. The zero-order valence-corrected chi connectivity index (χ0v) is 15.5. The summed E-state index contributed by atoms with van der Waals surface area (Å²) in [6.07, 6.45) is 7.49. The molecule has 0 radical (unpaired) electrons. The molecule has 4 aromatic rings. The summed E-state index contributed by atoms with van der Waals surface area (Å²) in [6.45, 7) is 6.11. The van der Waals surface area contributed by atoms with Crippen molar-refractivity contribution in [3.05, 3.63) is 72.8 Å². The van der Waals surface area contributed by atoms with Crippen LogP contribution in [-0.4, -0.2) is 24.3 Å². The molecule has 136 valence electrons. The maximum absolute atomic E-state index is 13.4. The monoisotopic (exact) mass is 361 g/mol. The van der Waals surface area contributed by atoms with Crippen LogP contribution in [-0.2, 0) is 0 Å². The van der Waals surface area contributed by atoms with E-state index in [1.54, 1.807) is 24.7 Å². The third kappa shape index (κ3) is 3.38. The van der Waals surface area contributed by atoms with Crippen LogP contribution in [0, 0.1) is 12.7 Å². The van der Waals surface area contributed by atoms with Crippen molar-refractivity contribution in [3.8, 4) is 28.2 Å². The quantitative estimate of drug-likeness (QED) is 0.523. The van der Waals surface area contributed by atoms with Crippen molar-refractivity contribution >= 4 is 0 Å². The van der Waals surface area contributed by atoms with Crippen molar-refractivity contribution in [2.24, 2.45) is 0 Å². The van der Waals surface area contributed by atoms with Gasteiger partial charge in [-0.1, -0.05) is 0 Å². The molecule has 0 atom stereocenters. The number of benzene rings is 1. The van der Waals surface area contributed by atoms with E-state index in [0.29, 0.717) is 0 Å². The summed E-state index contributed by atoms with van der Waals surface area (Å²) >= 11 is 0. The number of hydrogen-bond acceptors (Lipinski definition) is 3. The Kier molecular flexibility index (Phi) is 4.32. The molecule has 0 aliphatic rings. The predicted octanol–water partition coefficient (Wildman–Crippen LogP) is 4.83. The Balaban J connectivity index is 1.84. The third-order valence-corrected chi connectivity index (χ3v) is 4.41. The standard InChI is InChI=1S/C21H20FN5/c1-14(2)27-12-19(21(25-27)16-4-6-18(22)7-5-16)17-8-9-23-20(10-17)26-11-15(3)24-13-26/h4-14H,1-3H3. The molecule has 3 aromatic heterocycles. The molecule has 0 unspecified atom stereocenters. The van der Waals surface area contributed by atoms with E-state index in [9.17, 15) is 4.39 Å². The lowest BCUT2D eigenvalue weighted by atomic mass is 10.0. The molecule has 1 aromatic carbocycles. The van der Waals surface area contributed by atoms with Crippen LogP contribution in [0.5, 0.6) is 0 Å². The van der Waals surface area contributed by atoms with Crippen molar-refractivity contribution in [1.82, 2.24) is 24.3 Å². The lowest BCUT2D eigenvalue weighted by Gasteiger charge is -2.06. The first-order valence-corrected chi connectivity index (χ1v) is 8.84. The average molecular weight is 361 g/mol. The average Bonchev–Trinajstić information content (AvgIpc) is 3.29. The summed E-state index contributed by atoms with van der Waals surface area (Å²) in [7, 11) is 0. The summed E-state index contributed by atoms with van der Waals surface area (Å²) in [6, 6.07) is 10.6. The summed E-state index contributed by atoms with van der Waals surface area (Å²) in [5, 5.41) is 4.75. The minimum absolute atomic E-state index is 0.218. The number of pyridine rings is 1. The van der Waals surface area contributed by atoms with Gasteiger partial charge in [0.15, 0.2) is 0 Å². The number of rotatable bonds is 4. The Labute approximate surface area is 157 Å². The summed E-state index contributed by atoms with van der Waals surface area (Å²) < 4.78 is 17.2. The fourth-order valence-corrected chi connectivity index (χ4v) is 2.96. The maximum atomic E-state index is 13.4. The van der Waals surface area contributed by atoms with E-state index in [2.05, 4.69) is 23.8 Å². The van der Waals surface area contributed by atoms with Gasteiger partial charge in [0.2, 0.25) is 0 Å². The van der Waals surface area contributed by atoms with Gasteiger partial charge in [-0.2, -0.15) is 5.10 Å². The highest BCUT2D eigenvalue weighted by atomic mass is 19.1. The zero-order chi connectivity index (χ0) is 19.0. The van der Waals surface area contributed by atoms with E-state index in [-0.39, 0.29) is 11.9 Å². The van der Waals surface area contributed by atoms with Gasteiger partial charge in [-0.3, -0.25) is 9.25 Å². The second-order valence-electron chi connectivity index (χ2n) is 6.80. The Morgan fingerprint density at radius 3 is 2.41 bits per heavy atom. The molecule has 0 amide bonds. The van der Waals surface area contributed by atoms with Gasteiger partial charge < -0.3 is 0 Å². The maximum Gasteiger partial charge on any atom is 0.138 e. The SMILES string of the molecule is Cc1cn(-c2cc(-c3cn(C(C)C)nc3-c3ccc(F)cc3)ccn2)cn1. The largest absolute Gasteiger partial charge is 0.290 e. The fourth-order valence-electron chi connectivity index (χ4n) is 2.96. The van der Waals surface area contributed by atoms with Gasteiger partial charge in [-0.05, 0) is 62.7 Å². The molecule has 0 bridgehead atoms. The molecule has 5 nitrogen and oxygen atoms in total. The van der Waals surface area contributed by atoms with Crippen LogP contribution >= 0.6 is 0 Å². The molecule has 3 heterocycles. The highest BCUT2D eigenvalue weighted by Crippen LogP contribution is 2.32. The van der Waals surface area contributed by atoms with Crippen LogP contribution in [0.1, 0.15) is 25.6 Å². The second-order valence-corrected chi connectivity index (χ2v) is 6.80. The smallest absolute Gasteiger partial charge is 0.138 e. The van der Waals surface area contributed by atoms with Crippen molar-refractivity contribution in [1.29, 1.82) is 0 Å². The second kappa shape index (κ2) is 6.79. The zero-order valence-electron chi connectivity index (χ0n) is 15.5. The highest BCUT2D eigenvalue weighted by molar-refractivity contribution is 5.80. The predicted molar refractivity (Wildman–Crippen MR) is 103 cm³/mol. The molecule has 4 rings (SSSR count). The van der Waals surface area contributed by atoms with Gasteiger partial charge >= 0.3 is 0 Å². The van der Waals surface area contributed by atoms with Crippen molar-refractivity contribution in [2.75, 3.05) is 0 Å². The van der Waals surface area contributed by atoms with Gasteiger partial charge in [-0.25, -0.2) is 14.4 Å². The first-order chi connectivity index (χ1) is 13.0. The lowest BCUT2D eigenvalue weighted by molar-refractivity contribution is 0.534. The summed E-state index contributed by atoms with van der Waals surface area (Å²) in [5.41, 5.74) is 4.61. The minimum atomic E-state index is -0.259. The van der Waals surface area contributed by atoms with Crippen LogP contribution in [0.4, 0.5) is 4.39 Å². The van der Waals surface area contributed by atoms with Gasteiger partial charge in [0.1, 0.15) is 23.7 Å². The van der Waals surface area contributed by atoms with Crippen molar-refractivity contribution < 1.29 is 4.39 Å². The number of imidazole rings is 1. The topological polar surface area (TPSA) is 48.5 Å². The lowest BCUT2D eigenvalue weighted by Crippen LogP contribution is -2.00. The normalized spacial score (nSPS) is 11.3. The summed E-state index contributed by atoms with van der Waals surface area (Å²) in [5.74, 6) is 0.528. The molecule has 0 aliphatic heterocycles. The Hall–Kier alpha value is -3.28. The Morgan fingerprint density at radius 2 is 1.74 bits per heavy atom. The van der Waals surface area contributed by atoms with Crippen molar-refractivity contribution in [3.63, 3.8) is 0 Å². The van der Waals surface area contributed by atoms with E-state index in [1.165, 1.54) is 12.1 Å². The number of aromatic nitrogens is 5. The van der Waals surface area contributed by atoms with Crippen LogP contribution < -0.4 is 0 Å². The molecule has 0 saturated carbocycles. The van der Waals surface area contributed by atoms with E-state index < -0.39 is 0 Å². The van der Waals surface area contributed by atoms with Gasteiger partial charge in [0.25, 0.3) is 0 Å². The molecular formula is C21H20FN5. The number of aryl methyl sites for hydroxylation is 1. The Bertz CT molecular complexity index is 1080. The molecule has 0 fully saturated rings. The molecular weight excluding hydrogens is 341 g/mol. The molecule has 27 heavy (non-hydrogen) atoms. The van der Waals surface area contributed by atoms with Crippen LogP contribution in [0.15, 0.2) is 61.3 Å². The molecule has 0 saturated heterocycles. The van der Waals surface area contributed by atoms with Gasteiger partial charge in [-0.15, -0.1) is 0 Å². The Morgan fingerprint density at radius 1 is 0.963 bits per heavy atom. The summed E-state index contributed by atoms with van der Waals surface area (Å²) in [4.78, 5) is 8.72. The molecule has 0 spiro atoms. The van der Waals surface area contributed by atoms with Crippen LogP contribution in [0.2, 0.25) is 0 Å². The van der Waals surface area contributed by atoms with Gasteiger partial charge in [0.05, 0.1) is 5.69 Å². The first kappa shape index (κ1) is 17.1. The first-order valence-electron chi connectivity index (χ1n) is 8.84. The number of halogens is 1. The van der Waals surface area contributed by atoms with Crippen LogP contribution in [0.25, 0.3) is 28.2 Å². The van der Waals surface area contributed by atoms with Crippen molar-refractivity contribution in [2.45, 2.75) is 26.8 Å². The van der Waals surface area contributed by atoms with E-state index >= 15 is 0 Å². The van der Waals surface area contributed by atoms with E-state index in [4.69, 9.17) is 5.10 Å². The number of hydrogen-bond donors (Lipinski definition) is 0. The molecule has 0 aliphatic carbocycles. The minimum Gasteiger partial charge on any atom is -0.290 e. The van der Waals surface area contributed by atoms with E-state index in [1.807, 2.05) is 40.7 Å². The molecule has 0 N–H and O–H groups in total. The highest BCUT2D eigenvalue weighted by Gasteiger charge is 2.15. The molecule has 6 heteroatoms. The van der Waals surface area contributed by atoms with Crippen LogP contribution in [0.3, 0.4) is 0 Å². The van der Waals surface area contributed by atoms with E-state index in [0.717, 1.165) is 33.9 Å². The number of nitrogens with zero attached hydrogens (tertiary/aromatic N) is 5.